The van der Waals surface area contributed by atoms with Crippen LogP contribution >= 0.6 is 0 Å². The molecule has 1 unspecified atom stereocenters. The van der Waals surface area contributed by atoms with Crippen LogP contribution in [0.1, 0.15) is 34.6 Å². The Labute approximate surface area is 190 Å². The molecule has 164 valence electrons. The van der Waals surface area contributed by atoms with Gasteiger partial charge in [0.1, 0.15) is 12.7 Å². The van der Waals surface area contributed by atoms with Gasteiger partial charge in [0.05, 0.1) is 34.1 Å². The van der Waals surface area contributed by atoms with Crippen LogP contribution in [0.4, 0.5) is 0 Å². The summed E-state index contributed by atoms with van der Waals surface area (Å²) in [5, 5.41) is 8.84. The number of hydrogen-bond donors (Lipinski definition) is 0. The third-order valence-electron chi connectivity index (χ3n) is 5.88. The molecule has 0 saturated carbocycles. The molecular formula is C25H22N6O2. The lowest BCUT2D eigenvalue weighted by Gasteiger charge is -2.26. The quantitative estimate of drug-likeness (QED) is 0.398. The summed E-state index contributed by atoms with van der Waals surface area (Å²) in [7, 11) is 1.80. The first kappa shape index (κ1) is 20.6. The molecule has 0 aliphatic carbocycles. The van der Waals surface area contributed by atoms with E-state index in [2.05, 4.69) is 20.2 Å². The Bertz CT molecular complexity index is 1410. The SMILES string of the molecule is Cc1noc2nc(-c3ccccc3)cc(C(=O)N(C)C(C)c3ccc(-n4cncn4)cc3)c12. The molecule has 8 nitrogen and oxygen atoms in total. The lowest BCUT2D eigenvalue weighted by Crippen LogP contribution is -2.30. The average Bonchev–Trinajstić information content (AvgIpc) is 3.53. The van der Waals surface area contributed by atoms with E-state index in [0.29, 0.717) is 28.1 Å². The normalized spacial score (nSPS) is 12.1. The molecule has 0 saturated heterocycles. The zero-order chi connectivity index (χ0) is 22.9. The van der Waals surface area contributed by atoms with Crippen molar-refractivity contribution in [3.8, 4) is 16.9 Å². The van der Waals surface area contributed by atoms with Gasteiger partial charge in [-0.15, -0.1) is 0 Å². The van der Waals surface area contributed by atoms with Crippen LogP contribution in [0.15, 0.2) is 77.8 Å². The van der Waals surface area contributed by atoms with Crippen molar-refractivity contribution >= 4 is 17.0 Å². The number of hydrogen-bond acceptors (Lipinski definition) is 6. The van der Waals surface area contributed by atoms with Crippen LogP contribution < -0.4 is 0 Å². The highest BCUT2D eigenvalue weighted by Gasteiger charge is 2.25. The van der Waals surface area contributed by atoms with Crippen LogP contribution in [0.25, 0.3) is 28.0 Å². The van der Waals surface area contributed by atoms with Crippen molar-refractivity contribution in [1.29, 1.82) is 0 Å². The highest BCUT2D eigenvalue weighted by atomic mass is 16.5. The maximum absolute atomic E-state index is 13.7. The number of carbonyl (C=O) groups excluding carboxylic acids is 1. The molecule has 5 rings (SSSR count). The van der Waals surface area contributed by atoms with Gasteiger partial charge in [-0.2, -0.15) is 5.10 Å². The van der Waals surface area contributed by atoms with Crippen LogP contribution in [0.2, 0.25) is 0 Å². The highest BCUT2D eigenvalue weighted by molar-refractivity contribution is 6.07. The van der Waals surface area contributed by atoms with E-state index in [1.807, 2.05) is 74.5 Å². The molecule has 0 aliphatic rings. The molecule has 5 aromatic rings. The summed E-state index contributed by atoms with van der Waals surface area (Å²) >= 11 is 0. The molecule has 1 amide bonds. The first-order chi connectivity index (χ1) is 16.0. The van der Waals surface area contributed by atoms with E-state index in [1.165, 1.54) is 6.33 Å². The zero-order valence-electron chi connectivity index (χ0n) is 18.5. The summed E-state index contributed by atoms with van der Waals surface area (Å²) in [5.41, 5.74) is 4.99. The maximum Gasteiger partial charge on any atom is 0.259 e. The first-order valence-corrected chi connectivity index (χ1v) is 10.6. The predicted molar refractivity (Wildman–Crippen MR) is 124 cm³/mol. The highest BCUT2D eigenvalue weighted by Crippen LogP contribution is 2.30. The molecule has 0 N–H and O–H groups in total. The molecule has 0 spiro atoms. The zero-order valence-corrected chi connectivity index (χ0v) is 18.5. The van der Waals surface area contributed by atoms with Crippen LogP contribution in [0, 0.1) is 6.92 Å². The Hall–Kier alpha value is -4.33. The second-order valence-corrected chi connectivity index (χ2v) is 7.89. The van der Waals surface area contributed by atoms with E-state index in [9.17, 15) is 4.79 Å². The van der Waals surface area contributed by atoms with Gasteiger partial charge in [0.25, 0.3) is 11.6 Å². The molecule has 1 atom stereocenters. The van der Waals surface area contributed by atoms with E-state index >= 15 is 0 Å². The lowest BCUT2D eigenvalue weighted by atomic mass is 10.0. The topological polar surface area (TPSA) is 89.9 Å². The number of carbonyl (C=O) groups is 1. The van der Waals surface area contributed by atoms with E-state index in [1.54, 1.807) is 23.0 Å². The van der Waals surface area contributed by atoms with Gasteiger partial charge >= 0.3 is 0 Å². The van der Waals surface area contributed by atoms with Crippen molar-refractivity contribution in [2.75, 3.05) is 7.05 Å². The van der Waals surface area contributed by atoms with Gasteiger partial charge in [-0.05, 0) is 37.6 Å². The standard InChI is InChI=1S/C25H22N6O2/c1-16-23-21(13-22(28-24(23)33-29-16)19-7-5-4-6-8-19)25(32)30(3)17(2)18-9-11-20(12-10-18)31-15-26-14-27-31/h4-15,17H,1-3H3. The van der Waals surface area contributed by atoms with Crippen molar-refractivity contribution in [2.24, 2.45) is 0 Å². The number of benzene rings is 2. The first-order valence-electron chi connectivity index (χ1n) is 10.6. The van der Waals surface area contributed by atoms with Crippen LogP contribution in [0.3, 0.4) is 0 Å². The molecule has 33 heavy (non-hydrogen) atoms. The minimum atomic E-state index is -0.161. The fourth-order valence-electron chi connectivity index (χ4n) is 3.86. The fourth-order valence-corrected chi connectivity index (χ4v) is 3.86. The van der Waals surface area contributed by atoms with Gasteiger partial charge in [-0.3, -0.25) is 4.79 Å². The predicted octanol–water partition coefficient (Wildman–Crippen LogP) is 4.61. The summed E-state index contributed by atoms with van der Waals surface area (Å²) < 4.78 is 7.12. The lowest BCUT2D eigenvalue weighted by molar-refractivity contribution is 0.0744. The second-order valence-electron chi connectivity index (χ2n) is 7.89. The van der Waals surface area contributed by atoms with Gasteiger partial charge in [0.15, 0.2) is 0 Å². The number of pyridine rings is 1. The number of nitrogens with zero attached hydrogens (tertiary/aromatic N) is 6. The van der Waals surface area contributed by atoms with Gasteiger partial charge in [-0.25, -0.2) is 14.6 Å². The third-order valence-corrected chi connectivity index (χ3v) is 5.88. The van der Waals surface area contributed by atoms with E-state index in [4.69, 9.17) is 4.52 Å². The number of aromatic nitrogens is 5. The molecule has 3 heterocycles. The second kappa shape index (κ2) is 8.31. The Morgan fingerprint density at radius 1 is 1.09 bits per heavy atom. The molecule has 8 heteroatoms. The third kappa shape index (κ3) is 3.76. The summed E-state index contributed by atoms with van der Waals surface area (Å²) in [4.78, 5) is 24.0. The van der Waals surface area contributed by atoms with Crippen molar-refractivity contribution in [3.05, 3.63) is 90.1 Å². The van der Waals surface area contributed by atoms with Crippen LogP contribution in [-0.4, -0.2) is 42.8 Å². The van der Waals surface area contributed by atoms with Gasteiger partial charge in [0, 0.05) is 12.6 Å². The van der Waals surface area contributed by atoms with E-state index < -0.39 is 0 Å². The van der Waals surface area contributed by atoms with Gasteiger partial charge in [-0.1, -0.05) is 47.6 Å². The Kier molecular flexibility index (Phi) is 5.18. The number of amides is 1. The summed E-state index contributed by atoms with van der Waals surface area (Å²) in [6.07, 6.45) is 3.14. The summed E-state index contributed by atoms with van der Waals surface area (Å²) in [5.74, 6) is -0.126. The van der Waals surface area contributed by atoms with E-state index in [0.717, 1.165) is 16.8 Å². The monoisotopic (exact) mass is 438 g/mol. The minimum absolute atomic E-state index is 0.126. The summed E-state index contributed by atoms with van der Waals surface area (Å²) in [6.45, 7) is 3.82. The van der Waals surface area contributed by atoms with E-state index in [-0.39, 0.29) is 11.9 Å². The smallest absolute Gasteiger partial charge is 0.259 e. The fraction of sp³-hybridized carbons (Fsp3) is 0.160. The molecular weight excluding hydrogens is 416 g/mol. The molecule has 3 aromatic heterocycles. The van der Waals surface area contributed by atoms with Crippen molar-refractivity contribution in [2.45, 2.75) is 19.9 Å². The van der Waals surface area contributed by atoms with Crippen molar-refractivity contribution < 1.29 is 9.32 Å². The van der Waals surface area contributed by atoms with Crippen molar-refractivity contribution in [3.63, 3.8) is 0 Å². The Morgan fingerprint density at radius 2 is 1.85 bits per heavy atom. The number of rotatable bonds is 5. The van der Waals surface area contributed by atoms with Crippen LogP contribution in [-0.2, 0) is 0 Å². The number of aryl methyl sites for hydroxylation is 1. The number of fused-ring (bicyclic) bond motifs is 1. The Morgan fingerprint density at radius 3 is 2.55 bits per heavy atom. The Balaban J connectivity index is 1.49. The maximum atomic E-state index is 13.7. The molecule has 0 radical (unpaired) electrons. The largest absolute Gasteiger partial charge is 0.335 e. The van der Waals surface area contributed by atoms with Gasteiger partial charge < -0.3 is 9.42 Å². The average molecular weight is 438 g/mol. The molecule has 0 bridgehead atoms. The minimum Gasteiger partial charge on any atom is -0.335 e. The molecule has 0 fully saturated rings. The molecule has 0 aliphatic heterocycles. The van der Waals surface area contributed by atoms with Gasteiger partial charge in [0.2, 0.25) is 0 Å². The summed E-state index contributed by atoms with van der Waals surface area (Å²) in [6, 6.07) is 19.3. The van der Waals surface area contributed by atoms with Crippen LogP contribution in [0.5, 0.6) is 0 Å². The van der Waals surface area contributed by atoms with Crippen molar-refractivity contribution in [1.82, 2.24) is 29.8 Å². The molecule has 2 aromatic carbocycles.